The number of H-pyrrole nitrogens is 1. The van der Waals surface area contributed by atoms with Gasteiger partial charge in [-0.15, -0.1) is 0 Å². The van der Waals surface area contributed by atoms with E-state index in [4.69, 9.17) is 14.2 Å². The molecule has 0 amide bonds. The van der Waals surface area contributed by atoms with Gasteiger partial charge in [0.25, 0.3) is 0 Å². The molecule has 1 aromatic heterocycles. The fraction of sp³-hybridized carbons (Fsp3) is 0.333. The number of aryl methyl sites for hydroxylation is 1. The molecule has 10 heteroatoms. The van der Waals surface area contributed by atoms with Gasteiger partial charge in [0, 0.05) is 29.7 Å². The van der Waals surface area contributed by atoms with Crippen molar-refractivity contribution in [3.05, 3.63) is 83.1 Å². The van der Waals surface area contributed by atoms with E-state index in [1.807, 2.05) is 43.5 Å². The topological polar surface area (TPSA) is 80.9 Å². The lowest BCUT2D eigenvalue weighted by Gasteiger charge is -2.37. The highest BCUT2D eigenvalue weighted by molar-refractivity contribution is 7.89. The summed E-state index contributed by atoms with van der Waals surface area (Å²) in [4.78, 5) is 2.74. The minimum atomic E-state index is -4.27. The van der Waals surface area contributed by atoms with E-state index in [2.05, 4.69) is 4.98 Å². The van der Waals surface area contributed by atoms with Crippen molar-refractivity contribution in [1.82, 2.24) is 9.29 Å². The molecule has 40 heavy (non-hydrogen) atoms. The fourth-order valence-corrected chi connectivity index (χ4v) is 7.17. The van der Waals surface area contributed by atoms with Crippen molar-refractivity contribution in [3.8, 4) is 17.2 Å². The van der Waals surface area contributed by atoms with E-state index in [1.165, 1.54) is 4.31 Å². The van der Waals surface area contributed by atoms with E-state index in [-0.39, 0.29) is 6.54 Å². The Morgan fingerprint density at radius 1 is 1.02 bits per heavy atom. The van der Waals surface area contributed by atoms with Crippen LogP contribution in [0.2, 0.25) is 0 Å². The largest absolute Gasteiger partial charge is 0.497 e. The summed E-state index contributed by atoms with van der Waals surface area (Å²) in [6.45, 7) is 2.42. The molecule has 1 aliphatic rings. The first-order valence-electron chi connectivity index (χ1n) is 13.2. The first kappa shape index (κ1) is 27.9. The van der Waals surface area contributed by atoms with Crippen molar-refractivity contribution < 1.29 is 31.4 Å². The number of benzene rings is 3. The van der Waals surface area contributed by atoms with Gasteiger partial charge in [0.1, 0.15) is 22.3 Å². The Hall–Kier alpha value is -3.63. The van der Waals surface area contributed by atoms with E-state index in [1.54, 1.807) is 14.2 Å². The third-order valence-electron chi connectivity index (χ3n) is 7.41. The zero-order valence-corrected chi connectivity index (χ0v) is 23.5. The highest BCUT2D eigenvalue weighted by Crippen LogP contribution is 2.42. The van der Waals surface area contributed by atoms with Crippen LogP contribution in [0.25, 0.3) is 10.9 Å². The van der Waals surface area contributed by atoms with Crippen molar-refractivity contribution in [2.45, 2.75) is 43.5 Å². The second-order valence-corrected chi connectivity index (χ2v) is 11.6. The number of fused-ring (bicyclic) bond motifs is 2. The number of aromatic nitrogens is 1. The maximum Gasteiger partial charge on any atom is 0.246 e. The third kappa shape index (κ3) is 5.25. The molecular formula is C30H32F2N2O5S. The monoisotopic (exact) mass is 570 g/mol. The quantitative estimate of drug-likeness (QED) is 0.247. The van der Waals surface area contributed by atoms with Crippen LogP contribution in [-0.2, 0) is 22.9 Å². The predicted octanol–water partition coefficient (Wildman–Crippen LogP) is 6.17. The van der Waals surface area contributed by atoms with Crippen LogP contribution in [0.3, 0.4) is 0 Å². The van der Waals surface area contributed by atoms with Crippen LogP contribution in [0.5, 0.6) is 17.2 Å². The number of aromatic amines is 1. The molecule has 212 valence electrons. The van der Waals surface area contributed by atoms with Crippen LogP contribution >= 0.6 is 0 Å². The Labute approximate surface area is 232 Å². The van der Waals surface area contributed by atoms with Gasteiger partial charge in [0.05, 0.1) is 26.9 Å². The van der Waals surface area contributed by atoms with E-state index in [9.17, 15) is 17.2 Å². The van der Waals surface area contributed by atoms with Crippen molar-refractivity contribution >= 4 is 20.9 Å². The van der Waals surface area contributed by atoms with Crippen LogP contribution < -0.4 is 14.2 Å². The first-order valence-corrected chi connectivity index (χ1v) is 14.6. The van der Waals surface area contributed by atoms with Gasteiger partial charge in [0.15, 0.2) is 11.5 Å². The maximum absolute atomic E-state index is 14.7. The Balaban J connectivity index is 1.51. The molecule has 1 N–H and O–H groups in total. The molecular weight excluding hydrogens is 538 g/mol. The highest BCUT2D eigenvalue weighted by atomic mass is 32.2. The SMILES string of the molecule is CCOc1cc2c(cc1OC)CCN(S(=O)(=O)c1ccc(F)cc1F)[C@H]2CCCc1c[nH]c2ccc(OC)cc12. The van der Waals surface area contributed by atoms with Gasteiger partial charge >= 0.3 is 0 Å². The van der Waals surface area contributed by atoms with Crippen LogP contribution in [0, 0.1) is 11.6 Å². The molecule has 0 saturated heterocycles. The molecule has 0 fully saturated rings. The molecule has 1 atom stereocenters. The standard InChI is InChI=1S/C30H32F2N2O5S/c1-4-39-29-17-24-19(14-28(29)38-3)12-13-34(40(35,36)30-11-8-21(31)15-25(30)32)27(24)7-5-6-20-18-33-26-10-9-22(37-2)16-23(20)26/h8-11,14-18,27,33H,4-7,12-13H2,1-3H3/t27-/m0/s1. The summed E-state index contributed by atoms with van der Waals surface area (Å²) in [5, 5.41) is 1.05. The zero-order chi connectivity index (χ0) is 28.4. The van der Waals surface area contributed by atoms with Gasteiger partial charge in [-0.1, -0.05) is 0 Å². The Morgan fingerprint density at radius 3 is 2.58 bits per heavy atom. The lowest BCUT2D eigenvalue weighted by atomic mass is 9.90. The van der Waals surface area contributed by atoms with Crippen molar-refractivity contribution in [2.24, 2.45) is 0 Å². The second-order valence-electron chi connectivity index (χ2n) is 9.71. The summed E-state index contributed by atoms with van der Waals surface area (Å²) in [6, 6.07) is 11.5. The second kappa shape index (κ2) is 11.5. The number of nitrogens with one attached hydrogen (secondary N) is 1. The van der Waals surface area contributed by atoms with Gasteiger partial charge in [-0.3, -0.25) is 0 Å². The van der Waals surface area contributed by atoms with Gasteiger partial charge in [-0.25, -0.2) is 17.2 Å². The molecule has 1 aliphatic heterocycles. The molecule has 0 spiro atoms. The summed E-state index contributed by atoms with van der Waals surface area (Å²) in [6.07, 6.45) is 4.19. The number of nitrogens with zero attached hydrogens (tertiary/aromatic N) is 1. The Morgan fingerprint density at radius 2 is 1.85 bits per heavy atom. The lowest BCUT2D eigenvalue weighted by Crippen LogP contribution is -2.40. The minimum Gasteiger partial charge on any atom is -0.497 e. The first-order chi connectivity index (χ1) is 19.3. The number of sulfonamides is 1. The fourth-order valence-electron chi connectivity index (χ4n) is 5.49. The molecule has 0 unspecified atom stereocenters. The zero-order valence-electron chi connectivity index (χ0n) is 22.7. The van der Waals surface area contributed by atoms with E-state index in [0.29, 0.717) is 49.9 Å². The number of ether oxygens (including phenoxy) is 3. The van der Waals surface area contributed by atoms with Gasteiger partial charge < -0.3 is 19.2 Å². The van der Waals surface area contributed by atoms with Crippen LogP contribution in [-0.4, -0.2) is 45.1 Å². The van der Waals surface area contributed by atoms with Crippen LogP contribution in [0.4, 0.5) is 8.78 Å². The number of hydrogen-bond acceptors (Lipinski definition) is 5. The van der Waals surface area contributed by atoms with Crippen molar-refractivity contribution in [2.75, 3.05) is 27.4 Å². The average Bonchev–Trinajstić information content (AvgIpc) is 3.34. The Kier molecular flexibility index (Phi) is 8.00. The molecule has 0 bridgehead atoms. The minimum absolute atomic E-state index is 0.151. The average molecular weight is 571 g/mol. The van der Waals surface area contributed by atoms with Crippen molar-refractivity contribution in [3.63, 3.8) is 0 Å². The molecule has 3 aromatic carbocycles. The molecule has 0 aliphatic carbocycles. The summed E-state index contributed by atoms with van der Waals surface area (Å²) in [5.74, 6) is -0.0916. The van der Waals surface area contributed by atoms with Crippen LogP contribution in [0.15, 0.2) is 59.6 Å². The molecule has 0 saturated carbocycles. The number of halogens is 2. The normalized spacial score (nSPS) is 15.7. The molecule has 2 heterocycles. The smallest absolute Gasteiger partial charge is 0.246 e. The van der Waals surface area contributed by atoms with Gasteiger partial charge in [0.2, 0.25) is 10.0 Å². The van der Waals surface area contributed by atoms with E-state index >= 15 is 0 Å². The van der Waals surface area contributed by atoms with Crippen LogP contribution in [0.1, 0.15) is 42.5 Å². The maximum atomic E-state index is 14.7. The predicted molar refractivity (Wildman–Crippen MR) is 149 cm³/mol. The molecule has 5 rings (SSSR count). The summed E-state index contributed by atoms with van der Waals surface area (Å²) >= 11 is 0. The van der Waals surface area contributed by atoms with E-state index in [0.717, 1.165) is 45.5 Å². The number of hydrogen-bond donors (Lipinski definition) is 1. The third-order valence-corrected chi connectivity index (χ3v) is 9.35. The molecule has 0 radical (unpaired) electrons. The summed E-state index contributed by atoms with van der Waals surface area (Å²) in [5.41, 5.74) is 3.83. The molecule has 4 aromatic rings. The Bertz CT molecular complexity index is 1640. The van der Waals surface area contributed by atoms with E-state index < -0.39 is 32.6 Å². The highest BCUT2D eigenvalue weighted by Gasteiger charge is 2.38. The van der Waals surface area contributed by atoms with Crippen molar-refractivity contribution in [1.29, 1.82) is 0 Å². The van der Waals surface area contributed by atoms with Gasteiger partial charge in [-0.05, 0) is 91.8 Å². The lowest BCUT2D eigenvalue weighted by molar-refractivity contribution is 0.280. The summed E-state index contributed by atoms with van der Waals surface area (Å²) in [7, 11) is -1.09. The number of rotatable bonds is 10. The summed E-state index contributed by atoms with van der Waals surface area (Å²) < 4.78 is 74.0. The van der Waals surface area contributed by atoms with Gasteiger partial charge in [-0.2, -0.15) is 4.31 Å². The molecule has 7 nitrogen and oxygen atoms in total. The number of methoxy groups -OCH3 is 2.